The van der Waals surface area contributed by atoms with Crippen LogP contribution in [0, 0.1) is 0 Å². The number of hydrogen-bond acceptors (Lipinski definition) is 3. The zero-order valence-corrected chi connectivity index (χ0v) is 11.7. The lowest BCUT2D eigenvalue weighted by Gasteiger charge is -2.40. The van der Waals surface area contributed by atoms with Crippen LogP contribution in [-0.2, 0) is 0 Å². The average molecular weight is 291 g/mol. The molecule has 3 rings (SSSR count). The van der Waals surface area contributed by atoms with Gasteiger partial charge in [0.25, 0.3) is 0 Å². The molecule has 0 aromatic heterocycles. The molecule has 0 bridgehead atoms. The number of allylic oxidation sites excluding steroid dienone is 1. The SMILES string of the molecule is NC1C=C(F)C(N2CCNCC2c2ccccc2)=C(F)C1. The van der Waals surface area contributed by atoms with E-state index in [2.05, 4.69) is 5.32 Å². The Morgan fingerprint density at radius 1 is 1.19 bits per heavy atom. The molecule has 21 heavy (non-hydrogen) atoms. The Hall–Kier alpha value is -1.72. The summed E-state index contributed by atoms with van der Waals surface area (Å²) in [5, 5.41) is 3.29. The summed E-state index contributed by atoms with van der Waals surface area (Å²) in [5.74, 6) is -1.00. The molecule has 1 heterocycles. The van der Waals surface area contributed by atoms with Gasteiger partial charge >= 0.3 is 0 Å². The van der Waals surface area contributed by atoms with Gasteiger partial charge in [0.1, 0.15) is 17.4 Å². The molecule has 2 unspecified atom stereocenters. The van der Waals surface area contributed by atoms with Crippen molar-refractivity contribution in [1.29, 1.82) is 0 Å². The molecule has 5 heteroatoms. The fourth-order valence-corrected chi connectivity index (χ4v) is 3.00. The number of benzene rings is 1. The summed E-state index contributed by atoms with van der Waals surface area (Å²) >= 11 is 0. The molecular weight excluding hydrogens is 272 g/mol. The van der Waals surface area contributed by atoms with Gasteiger partial charge in [0.05, 0.1) is 6.04 Å². The molecule has 1 aliphatic carbocycles. The highest BCUT2D eigenvalue weighted by Gasteiger charge is 2.32. The van der Waals surface area contributed by atoms with E-state index in [-0.39, 0.29) is 18.2 Å². The van der Waals surface area contributed by atoms with Crippen LogP contribution in [0.15, 0.2) is 53.8 Å². The van der Waals surface area contributed by atoms with Gasteiger partial charge in [-0.1, -0.05) is 30.3 Å². The Morgan fingerprint density at radius 3 is 2.67 bits per heavy atom. The van der Waals surface area contributed by atoms with Crippen LogP contribution in [0.25, 0.3) is 0 Å². The fraction of sp³-hybridized carbons (Fsp3) is 0.375. The summed E-state index contributed by atoms with van der Waals surface area (Å²) in [4.78, 5) is 1.82. The quantitative estimate of drug-likeness (QED) is 0.879. The van der Waals surface area contributed by atoms with Crippen molar-refractivity contribution in [3.8, 4) is 0 Å². The highest BCUT2D eigenvalue weighted by atomic mass is 19.1. The third-order valence-corrected chi connectivity index (χ3v) is 3.97. The number of nitrogens with zero attached hydrogens (tertiary/aromatic N) is 1. The Balaban J connectivity index is 1.95. The normalized spacial score (nSPS) is 26.8. The van der Waals surface area contributed by atoms with Gasteiger partial charge in [0.2, 0.25) is 0 Å². The number of halogens is 2. The molecule has 2 atom stereocenters. The van der Waals surface area contributed by atoms with Gasteiger partial charge in [-0.2, -0.15) is 0 Å². The van der Waals surface area contributed by atoms with Crippen molar-refractivity contribution >= 4 is 0 Å². The van der Waals surface area contributed by atoms with Crippen LogP contribution < -0.4 is 11.1 Å². The largest absolute Gasteiger partial charge is 0.357 e. The summed E-state index contributed by atoms with van der Waals surface area (Å²) in [5.41, 5.74) is 6.76. The molecule has 3 nitrogen and oxygen atoms in total. The first-order valence-electron chi connectivity index (χ1n) is 7.21. The van der Waals surface area contributed by atoms with Crippen LogP contribution in [0.4, 0.5) is 8.78 Å². The van der Waals surface area contributed by atoms with Gasteiger partial charge in [-0.3, -0.25) is 0 Å². The van der Waals surface area contributed by atoms with E-state index in [0.717, 1.165) is 5.56 Å². The van der Waals surface area contributed by atoms with E-state index in [9.17, 15) is 8.78 Å². The molecule has 2 aliphatic rings. The number of piperazine rings is 1. The van der Waals surface area contributed by atoms with Gasteiger partial charge in [0.15, 0.2) is 0 Å². The van der Waals surface area contributed by atoms with Crippen LogP contribution in [-0.4, -0.2) is 30.6 Å². The molecule has 1 aromatic rings. The predicted molar refractivity (Wildman–Crippen MR) is 78.7 cm³/mol. The fourth-order valence-electron chi connectivity index (χ4n) is 3.00. The van der Waals surface area contributed by atoms with Crippen LogP contribution in [0.3, 0.4) is 0 Å². The zero-order valence-electron chi connectivity index (χ0n) is 11.7. The van der Waals surface area contributed by atoms with E-state index in [1.165, 1.54) is 6.08 Å². The van der Waals surface area contributed by atoms with E-state index in [0.29, 0.717) is 19.6 Å². The molecule has 0 amide bonds. The molecule has 0 saturated carbocycles. The maximum atomic E-state index is 14.3. The van der Waals surface area contributed by atoms with Gasteiger partial charge in [-0.05, 0) is 11.6 Å². The van der Waals surface area contributed by atoms with Crippen LogP contribution >= 0.6 is 0 Å². The van der Waals surface area contributed by atoms with Crippen molar-refractivity contribution in [1.82, 2.24) is 10.2 Å². The van der Waals surface area contributed by atoms with Crippen molar-refractivity contribution < 1.29 is 8.78 Å². The summed E-state index contributed by atoms with van der Waals surface area (Å²) < 4.78 is 28.5. The van der Waals surface area contributed by atoms with Crippen LogP contribution in [0.1, 0.15) is 18.0 Å². The Labute approximate surface area is 123 Å². The van der Waals surface area contributed by atoms with Crippen molar-refractivity contribution in [2.75, 3.05) is 19.6 Å². The first-order valence-corrected chi connectivity index (χ1v) is 7.21. The van der Waals surface area contributed by atoms with E-state index in [1.807, 2.05) is 35.2 Å². The van der Waals surface area contributed by atoms with E-state index in [4.69, 9.17) is 5.73 Å². The summed E-state index contributed by atoms with van der Waals surface area (Å²) in [6.45, 7) is 1.94. The monoisotopic (exact) mass is 291 g/mol. The molecule has 3 N–H and O–H groups in total. The minimum absolute atomic E-state index is 0.0637. The maximum Gasteiger partial charge on any atom is 0.146 e. The van der Waals surface area contributed by atoms with Crippen LogP contribution in [0.5, 0.6) is 0 Å². The molecular formula is C16H19F2N3. The molecule has 1 saturated heterocycles. The lowest BCUT2D eigenvalue weighted by molar-refractivity contribution is 0.198. The van der Waals surface area contributed by atoms with Crippen molar-refractivity contribution in [3.63, 3.8) is 0 Å². The topological polar surface area (TPSA) is 41.3 Å². The third kappa shape index (κ3) is 2.84. The van der Waals surface area contributed by atoms with Gasteiger partial charge < -0.3 is 16.0 Å². The third-order valence-electron chi connectivity index (χ3n) is 3.97. The number of hydrogen-bond donors (Lipinski definition) is 2. The molecule has 112 valence electrons. The number of nitrogens with two attached hydrogens (primary N) is 1. The average Bonchev–Trinajstić information content (AvgIpc) is 2.48. The first kappa shape index (κ1) is 14.2. The predicted octanol–water partition coefficient (Wildman–Crippen LogP) is 2.40. The summed E-state index contributed by atoms with van der Waals surface area (Å²) in [6.07, 6.45) is 1.37. The van der Waals surface area contributed by atoms with Gasteiger partial charge in [-0.25, -0.2) is 8.78 Å². The van der Waals surface area contributed by atoms with E-state index >= 15 is 0 Å². The molecule has 0 spiro atoms. The highest BCUT2D eigenvalue weighted by Crippen LogP contribution is 2.35. The smallest absolute Gasteiger partial charge is 0.146 e. The second-order valence-electron chi connectivity index (χ2n) is 5.46. The summed E-state index contributed by atoms with van der Waals surface area (Å²) in [7, 11) is 0. The second kappa shape index (κ2) is 5.95. The first-order chi connectivity index (χ1) is 10.2. The second-order valence-corrected chi connectivity index (χ2v) is 5.46. The van der Waals surface area contributed by atoms with Crippen LogP contribution in [0.2, 0.25) is 0 Å². The molecule has 0 radical (unpaired) electrons. The lowest BCUT2D eigenvalue weighted by atomic mass is 9.99. The van der Waals surface area contributed by atoms with E-state index in [1.54, 1.807) is 0 Å². The van der Waals surface area contributed by atoms with Gasteiger partial charge in [-0.15, -0.1) is 0 Å². The summed E-state index contributed by atoms with van der Waals surface area (Å²) in [6, 6.07) is 9.13. The zero-order chi connectivity index (χ0) is 14.8. The Bertz CT molecular complexity index is 568. The highest BCUT2D eigenvalue weighted by molar-refractivity contribution is 5.35. The standard InChI is InChI=1S/C16H19F2N3/c17-13-8-12(19)9-14(18)16(13)21-7-6-20-10-15(21)11-4-2-1-3-5-11/h1-5,8,12,15,20H,6-7,9-10,19H2. The lowest BCUT2D eigenvalue weighted by Crippen LogP contribution is -2.46. The number of nitrogens with one attached hydrogen (secondary N) is 1. The molecule has 1 fully saturated rings. The van der Waals surface area contributed by atoms with E-state index < -0.39 is 17.7 Å². The molecule has 1 aromatic carbocycles. The Kier molecular flexibility index (Phi) is 4.03. The minimum atomic E-state index is -0.577. The minimum Gasteiger partial charge on any atom is -0.357 e. The van der Waals surface area contributed by atoms with Crippen molar-refractivity contribution in [2.24, 2.45) is 5.73 Å². The van der Waals surface area contributed by atoms with Crippen molar-refractivity contribution in [3.05, 3.63) is 59.3 Å². The maximum absolute atomic E-state index is 14.3. The Morgan fingerprint density at radius 2 is 1.95 bits per heavy atom. The van der Waals surface area contributed by atoms with Gasteiger partial charge in [0, 0.05) is 32.1 Å². The number of rotatable bonds is 2. The van der Waals surface area contributed by atoms with Crippen molar-refractivity contribution in [2.45, 2.75) is 18.5 Å². The molecule has 1 aliphatic heterocycles.